The molecule has 2 saturated carbocycles. The average molecular weight is 495 g/mol. The lowest BCUT2D eigenvalue weighted by atomic mass is 9.88. The van der Waals surface area contributed by atoms with Crippen molar-refractivity contribution in [2.24, 2.45) is 23.7 Å². The normalized spacial score (nSPS) is 24.0. The number of fused-ring (bicyclic) bond motifs is 2. The predicted molar refractivity (Wildman–Crippen MR) is 127 cm³/mol. The molecule has 0 aromatic heterocycles. The summed E-state index contributed by atoms with van der Waals surface area (Å²) in [6.07, 6.45) is 0.882. The number of amides is 2. The average Bonchev–Trinajstić information content (AvgIpc) is 3.34. The molecule has 35 heavy (non-hydrogen) atoms. The molecule has 0 radical (unpaired) electrons. The van der Waals surface area contributed by atoms with Crippen molar-refractivity contribution in [1.82, 2.24) is 10.6 Å². The second-order valence-corrected chi connectivity index (χ2v) is 9.61. The van der Waals surface area contributed by atoms with Crippen LogP contribution in [-0.2, 0) is 28.5 Å². The van der Waals surface area contributed by atoms with Crippen molar-refractivity contribution in [2.45, 2.75) is 59.2 Å². The van der Waals surface area contributed by atoms with Gasteiger partial charge in [0.2, 0.25) is 0 Å². The second-order valence-electron chi connectivity index (χ2n) is 9.61. The Kier molecular flexibility index (Phi) is 10.6. The standard InChI is InChI=1S/C25H38N2O8/c1-14(2)22(28)32-12-16(5)34-24(30)26-10-19-9-18-7-8-20(19)21(18)11-27-25(31)35-17(6)13-33-23(29)15(3)4/h16-21H,1,3,7-13H2,2,4-6H3,(H,26,30)(H,27,31). The molecule has 10 heteroatoms. The van der Waals surface area contributed by atoms with E-state index in [2.05, 4.69) is 23.8 Å². The summed E-state index contributed by atoms with van der Waals surface area (Å²) >= 11 is 0. The molecule has 0 saturated heterocycles. The Morgan fingerprint density at radius 2 is 1.31 bits per heavy atom. The van der Waals surface area contributed by atoms with Gasteiger partial charge in [-0.2, -0.15) is 0 Å². The lowest BCUT2D eigenvalue weighted by Crippen LogP contribution is -2.37. The molecule has 0 aromatic rings. The fourth-order valence-corrected chi connectivity index (χ4v) is 4.74. The zero-order valence-corrected chi connectivity index (χ0v) is 21.1. The van der Waals surface area contributed by atoms with Crippen LogP contribution in [0.25, 0.3) is 0 Å². The number of esters is 2. The third kappa shape index (κ3) is 8.92. The molecule has 2 N–H and O–H groups in total. The van der Waals surface area contributed by atoms with E-state index in [1.54, 1.807) is 27.7 Å². The van der Waals surface area contributed by atoms with Gasteiger partial charge in [0.25, 0.3) is 0 Å². The number of hydrogen-bond donors (Lipinski definition) is 2. The minimum atomic E-state index is -0.576. The lowest BCUT2D eigenvalue weighted by molar-refractivity contribution is -0.142. The Morgan fingerprint density at radius 1 is 0.829 bits per heavy atom. The topological polar surface area (TPSA) is 129 Å². The van der Waals surface area contributed by atoms with Crippen LogP contribution in [-0.4, -0.2) is 62.6 Å². The monoisotopic (exact) mass is 494 g/mol. The third-order valence-electron chi connectivity index (χ3n) is 6.44. The smallest absolute Gasteiger partial charge is 0.407 e. The highest BCUT2D eigenvalue weighted by Crippen LogP contribution is 2.52. The minimum absolute atomic E-state index is 0.0351. The first-order chi connectivity index (χ1) is 16.5. The van der Waals surface area contributed by atoms with E-state index in [0.29, 0.717) is 36.8 Å². The van der Waals surface area contributed by atoms with E-state index >= 15 is 0 Å². The molecule has 2 bridgehead atoms. The van der Waals surface area contributed by atoms with Gasteiger partial charge in [-0.15, -0.1) is 0 Å². The maximum atomic E-state index is 12.2. The van der Waals surface area contributed by atoms with Crippen molar-refractivity contribution < 1.29 is 38.1 Å². The van der Waals surface area contributed by atoms with Crippen LogP contribution < -0.4 is 10.6 Å². The summed E-state index contributed by atoms with van der Waals surface area (Å²) in [7, 11) is 0. The van der Waals surface area contributed by atoms with Crippen molar-refractivity contribution in [3.05, 3.63) is 24.3 Å². The highest BCUT2D eigenvalue weighted by Gasteiger charge is 2.47. The van der Waals surface area contributed by atoms with Gasteiger partial charge in [0, 0.05) is 24.2 Å². The summed E-state index contributed by atoms with van der Waals surface area (Å²) in [6, 6.07) is 0. The largest absolute Gasteiger partial charge is 0.458 e. The van der Waals surface area contributed by atoms with E-state index < -0.39 is 36.3 Å². The SMILES string of the molecule is C=C(C)C(=O)OCC(C)OC(=O)NCC1CC2CCC1C2CNC(=O)OC(C)COC(=O)C(=C)C. The van der Waals surface area contributed by atoms with Gasteiger partial charge < -0.3 is 29.6 Å². The van der Waals surface area contributed by atoms with Gasteiger partial charge in [-0.1, -0.05) is 13.2 Å². The maximum Gasteiger partial charge on any atom is 0.407 e. The highest BCUT2D eigenvalue weighted by atomic mass is 16.6. The van der Waals surface area contributed by atoms with E-state index in [1.165, 1.54) is 0 Å². The van der Waals surface area contributed by atoms with E-state index in [1.807, 2.05) is 0 Å². The zero-order valence-electron chi connectivity index (χ0n) is 21.1. The molecule has 0 aromatic carbocycles. The number of alkyl carbamates (subject to hydrolysis) is 2. The van der Waals surface area contributed by atoms with Gasteiger partial charge in [0.05, 0.1) is 0 Å². The first-order valence-corrected chi connectivity index (χ1v) is 12.0. The van der Waals surface area contributed by atoms with Crippen molar-refractivity contribution in [3.63, 3.8) is 0 Å². The molecule has 6 atom stereocenters. The van der Waals surface area contributed by atoms with Gasteiger partial charge in [-0.05, 0) is 70.6 Å². The molecule has 2 rings (SSSR count). The molecule has 196 valence electrons. The first-order valence-electron chi connectivity index (χ1n) is 12.0. The second kappa shape index (κ2) is 13.2. The van der Waals surface area contributed by atoms with Crippen LogP contribution in [0.15, 0.2) is 24.3 Å². The Labute approximate surface area is 206 Å². The predicted octanol–water partition coefficient (Wildman–Crippen LogP) is 3.12. The van der Waals surface area contributed by atoms with E-state index in [9.17, 15) is 19.2 Å². The Hall–Kier alpha value is -3.04. The quantitative estimate of drug-likeness (QED) is 0.241. The zero-order chi connectivity index (χ0) is 26.1. The molecule has 0 heterocycles. The van der Waals surface area contributed by atoms with Gasteiger partial charge in [-0.3, -0.25) is 0 Å². The van der Waals surface area contributed by atoms with Gasteiger partial charge in [-0.25, -0.2) is 19.2 Å². The summed E-state index contributed by atoms with van der Waals surface area (Å²) in [5.41, 5.74) is 0.572. The minimum Gasteiger partial charge on any atom is -0.458 e. The van der Waals surface area contributed by atoms with Crippen LogP contribution in [0, 0.1) is 23.7 Å². The van der Waals surface area contributed by atoms with Crippen molar-refractivity contribution in [1.29, 1.82) is 0 Å². The Bertz CT molecular complexity index is 826. The highest BCUT2D eigenvalue weighted by molar-refractivity contribution is 5.87. The third-order valence-corrected chi connectivity index (χ3v) is 6.44. The summed E-state index contributed by atoms with van der Waals surface area (Å²) in [6.45, 7) is 14.3. The lowest BCUT2D eigenvalue weighted by Gasteiger charge is -2.23. The van der Waals surface area contributed by atoms with Crippen LogP contribution in [0.3, 0.4) is 0 Å². The Morgan fingerprint density at radius 3 is 1.80 bits per heavy atom. The molecule has 0 aliphatic heterocycles. The number of nitrogens with one attached hydrogen (secondary N) is 2. The van der Waals surface area contributed by atoms with Gasteiger partial charge in [0.15, 0.2) is 0 Å². The number of ether oxygens (including phenoxy) is 4. The van der Waals surface area contributed by atoms with Gasteiger partial charge >= 0.3 is 24.1 Å². The molecule has 2 fully saturated rings. The molecule has 0 spiro atoms. The fraction of sp³-hybridized carbons (Fsp3) is 0.680. The van der Waals surface area contributed by atoms with Crippen LogP contribution in [0.4, 0.5) is 9.59 Å². The molecule has 2 amide bonds. The molecule has 10 nitrogen and oxygen atoms in total. The maximum absolute atomic E-state index is 12.2. The Balaban J connectivity index is 1.68. The summed E-state index contributed by atoms with van der Waals surface area (Å²) in [5, 5.41) is 5.64. The number of hydrogen-bond acceptors (Lipinski definition) is 8. The van der Waals surface area contributed by atoms with E-state index in [0.717, 1.165) is 19.3 Å². The van der Waals surface area contributed by atoms with Crippen molar-refractivity contribution >= 4 is 24.1 Å². The number of rotatable bonds is 12. The van der Waals surface area contributed by atoms with Crippen LogP contribution in [0.2, 0.25) is 0 Å². The first kappa shape index (κ1) is 28.2. The van der Waals surface area contributed by atoms with E-state index in [-0.39, 0.29) is 24.4 Å². The summed E-state index contributed by atoms with van der Waals surface area (Å²) in [4.78, 5) is 47.1. The molecule has 6 unspecified atom stereocenters. The van der Waals surface area contributed by atoms with Crippen LogP contribution >= 0.6 is 0 Å². The number of carbonyl (C=O) groups excluding carboxylic acids is 4. The molecular formula is C25H38N2O8. The molecular weight excluding hydrogens is 456 g/mol. The summed E-state index contributed by atoms with van der Waals surface area (Å²) in [5.74, 6) is 0.462. The van der Waals surface area contributed by atoms with Crippen molar-refractivity contribution in [2.75, 3.05) is 26.3 Å². The summed E-state index contributed by atoms with van der Waals surface area (Å²) < 4.78 is 20.5. The van der Waals surface area contributed by atoms with Crippen LogP contribution in [0.5, 0.6) is 0 Å². The molecule has 2 aliphatic carbocycles. The fourth-order valence-electron chi connectivity index (χ4n) is 4.74. The van der Waals surface area contributed by atoms with Crippen molar-refractivity contribution in [3.8, 4) is 0 Å². The van der Waals surface area contributed by atoms with Crippen LogP contribution in [0.1, 0.15) is 47.0 Å². The number of carbonyl (C=O) groups is 4. The molecule has 2 aliphatic rings. The van der Waals surface area contributed by atoms with Gasteiger partial charge in [0.1, 0.15) is 25.4 Å². The van der Waals surface area contributed by atoms with E-state index in [4.69, 9.17) is 18.9 Å².